The first-order valence-electron chi connectivity index (χ1n) is 11.9. The number of likely N-dealkylation sites (N-methyl/N-ethyl adjacent to an activating group) is 1. The normalized spacial score (nSPS) is 14.0. The average molecular weight is 484 g/mol. The van der Waals surface area contributed by atoms with E-state index in [1.807, 2.05) is 37.4 Å². The third kappa shape index (κ3) is 5.49. The van der Waals surface area contributed by atoms with Crippen molar-refractivity contribution >= 4 is 23.2 Å². The van der Waals surface area contributed by atoms with Crippen LogP contribution in [0.15, 0.2) is 61.2 Å². The van der Waals surface area contributed by atoms with Gasteiger partial charge in [-0.2, -0.15) is 5.10 Å². The first-order valence-corrected chi connectivity index (χ1v) is 11.9. The van der Waals surface area contributed by atoms with E-state index in [0.717, 1.165) is 60.1 Å². The molecule has 0 bridgehead atoms. The number of H-pyrrole nitrogens is 1. The Morgan fingerprint density at radius 1 is 1.00 bits per heavy atom. The summed E-state index contributed by atoms with van der Waals surface area (Å²) in [5.74, 6) is 1.22. The van der Waals surface area contributed by atoms with Gasteiger partial charge >= 0.3 is 0 Å². The maximum Gasteiger partial charge on any atom is 0.269 e. The number of carbonyl (C=O) groups excluding carboxylic acids is 1. The number of piperazine rings is 1. The maximum atomic E-state index is 12.2. The Morgan fingerprint density at radius 3 is 2.58 bits per heavy atom. The smallest absolute Gasteiger partial charge is 0.269 e. The fourth-order valence-electron chi connectivity index (χ4n) is 4.13. The van der Waals surface area contributed by atoms with Gasteiger partial charge in [-0.3, -0.25) is 9.89 Å². The van der Waals surface area contributed by atoms with Crippen molar-refractivity contribution in [2.45, 2.75) is 13.5 Å². The van der Waals surface area contributed by atoms with Crippen molar-refractivity contribution in [3.8, 4) is 11.3 Å². The number of nitrogens with one attached hydrogen (secondary N) is 3. The Hall–Kier alpha value is -4.31. The molecule has 4 heterocycles. The number of aromatic amines is 1. The minimum atomic E-state index is -0.187. The molecule has 1 fully saturated rings. The van der Waals surface area contributed by atoms with Crippen molar-refractivity contribution in [3.63, 3.8) is 0 Å². The molecule has 184 valence electrons. The summed E-state index contributed by atoms with van der Waals surface area (Å²) in [5.41, 5.74) is 5.44. The molecule has 1 saturated heterocycles. The highest BCUT2D eigenvalue weighted by molar-refractivity contribution is 5.92. The number of amides is 1. The summed E-state index contributed by atoms with van der Waals surface area (Å²) in [6.07, 6.45) is 5.01. The van der Waals surface area contributed by atoms with Gasteiger partial charge in [-0.1, -0.05) is 12.1 Å². The summed E-state index contributed by atoms with van der Waals surface area (Å²) in [6, 6.07) is 13.7. The molecule has 1 aliphatic rings. The molecule has 3 N–H and O–H groups in total. The van der Waals surface area contributed by atoms with E-state index in [1.165, 1.54) is 0 Å². The zero-order valence-electron chi connectivity index (χ0n) is 20.4. The Kier molecular flexibility index (Phi) is 6.85. The Bertz CT molecular complexity index is 1310. The van der Waals surface area contributed by atoms with Crippen LogP contribution in [-0.4, -0.2) is 69.2 Å². The number of rotatable bonds is 7. The van der Waals surface area contributed by atoms with E-state index in [4.69, 9.17) is 0 Å². The molecule has 0 spiro atoms. The lowest BCUT2D eigenvalue weighted by atomic mass is 10.0. The highest BCUT2D eigenvalue weighted by atomic mass is 16.1. The molecule has 0 aliphatic carbocycles. The average Bonchev–Trinajstić information content (AvgIpc) is 3.44. The van der Waals surface area contributed by atoms with Crippen molar-refractivity contribution in [1.82, 2.24) is 35.4 Å². The Balaban J connectivity index is 1.23. The lowest BCUT2D eigenvalue weighted by Gasteiger charge is -2.33. The molecule has 3 aromatic heterocycles. The van der Waals surface area contributed by atoms with Crippen LogP contribution in [0.2, 0.25) is 0 Å². The van der Waals surface area contributed by atoms with Gasteiger partial charge in [-0.05, 0) is 49.4 Å². The van der Waals surface area contributed by atoms with Gasteiger partial charge in [-0.25, -0.2) is 15.0 Å². The number of benzene rings is 1. The van der Waals surface area contributed by atoms with E-state index >= 15 is 0 Å². The van der Waals surface area contributed by atoms with Crippen LogP contribution >= 0.6 is 0 Å². The van der Waals surface area contributed by atoms with Crippen molar-refractivity contribution in [1.29, 1.82) is 0 Å². The summed E-state index contributed by atoms with van der Waals surface area (Å²) in [6.45, 7) is 6.59. The highest BCUT2D eigenvalue weighted by Crippen LogP contribution is 2.24. The Morgan fingerprint density at radius 2 is 1.86 bits per heavy atom. The van der Waals surface area contributed by atoms with Crippen molar-refractivity contribution < 1.29 is 4.79 Å². The number of aromatic nitrogens is 5. The van der Waals surface area contributed by atoms with E-state index in [9.17, 15) is 4.79 Å². The van der Waals surface area contributed by atoms with Gasteiger partial charge in [0, 0.05) is 50.6 Å². The second kappa shape index (κ2) is 10.5. The van der Waals surface area contributed by atoms with Crippen LogP contribution < -0.4 is 15.5 Å². The molecular formula is C26H29N9O. The number of nitrogens with zero attached hydrogens (tertiary/aromatic N) is 6. The lowest BCUT2D eigenvalue weighted by Crippen LogP contribution is -2.44. The number of pyridine rings is 1. The topological polar surface area (TPSA) is 115 Å². The number of hydrogen-bond acceptors (Lipinski definition) is 8. The Labute approximate surface area is 209 Å². The van der Waals surface area contributed by atoms with Gasteiger partial charge < -0.3 is 20.4 Å². The molecule has 10 nitrogen and oxygen atoms in total. The third-order valence-corrected chi connectivity index (χ3v) is 6.36. The standard InChI is InChI=1S/C26H29N9O/c1-18-13-19(3-4-20(18)15-28-26(36)22-7-8-31-33-22)23-14-25(30-17-29-23)32-24-6-5-21(16-27-24)35-11-9-34(2)10-12-35/h3-8,13-14,16-17H,9-12,15H2,1-2H3,(H,28,36)(H,31,33)(H,27,29,30,32). The largest absolute Gasteiger partial charge is 0.368 e. The highest BCUT2D eigenvalue weighted by Gasteiger charge is 2.14. The van der Waals surface area contributed by atoms with Crippen LogP contribution in [0, 0.1) is 6.92 Å². The fraction of sp³-hybridized carbons (Fsp3) is 0.269. The SMILES string of the molecule is Cc1cc(-c2cc(Nc3ccc(N4CCN(C)CC4)cn3)ncn2)ccc1CNC(=O)c1ccn[nH]1. The molecule has 0 saturated carbocycles. The number of aryl methyl sites for hydroxylation is 1. The fourth-order valence-corrected chi connectivity index (χ4v) is 4.13. The molecule has 5 rings (SSSR count). The second-order valence-electron chi connectivity index (χ2n) is 8.90. The molecule has 1 aliphatic heterocycles. The van der Waals surface area contributed by atoms with Gasteiger partial charge in [0.05, 0.1) is 17.6 Å². The zero-order chi connectivity index (χ0) is 24.9. The van der Waals surface area contributed by atoms with E-state index in [1.54, 1.807) is 18.6 Å². The quantitative estimate of drug-likeness (QED) is 0.368. The van der Waals surface area contributed by atoms with Gasteiger partial charge in [0.25, 0.3) is 5.91 Å². The van der Waals surface area contributed by atoms with Gasteiger partial charge in [-0.15, -0.1) is 0 Å². The first-order chi connectivity index (χ1) is 17.5. The van der Waals surface area contributed by atoms with Gasteiger partial charge in [0.15, 0.2) is 0 Å². The van der Waals surface area contributed by atoms with Crippen LogP contribution in [0.1, 0.15) is 21.6 Å². The predicted molar refractivity (Wildman–Crippen MR) is 139 cm³/mol. The number of anilines is 3. The van der Waals surface area contributed by atoms with Gasteiger partial charge in [0.1, 0.15) is 23.7 Å². The van der Waals surface area contributed by atoms with Gasteiger partial charge in [0.2, 0.25) is 0 Å². The molecule has 10 heteroatoms. The monoisotopic (exact) mass is 483 g/mol. The van der Waals surface area contributed by atoms with E-state index in [2.05, 4.69) is 64.8 Å². The van der Waals surface area contributed by atoms with Crippen molar-refractivity contribution in [3.05, 3.63) is 78.0 Å². The molecule has 0 unspecified atom stereocenters. The predicted octanol–water partition coefficient (Wildman–Crippen LogP) is 3.00. The van der Waals surface area contributed by atoms with Crippen LogP contribution in [-0.2, 0) is 6.54 Å². The maximum absolute atomic E-state index is 12.2. The molecule has 0 atom stereocenters. The first kappa shape index (κ1) is 23.4. The summed E-state index contributed by atoms with van der Waals surface area (Å²) in [7, 11) is 2.15. The van der Waals surface area contributed by atoms with E-state index in [-0.39, 0.29) is 5.91 Å². The van der Waals surface area contributed by atoms with Crippen LogP contribution in [0.5, 0.6) is 0 Å². The summed E-state index contributed by atoms with van der Waals surface area (Å²) < 4.78 is 0. The summed E-state index contributed by atoms with van der Waals surface area (Å²) in [4.78, 5) is 30.2. The van der Waals surface area contributed by atoms with E-state index in [0.29, 0.717) is 18.1 Å². The number of hydrogen-bond donors (Lipinski definition) is 3. The van der Waals surface area contributed by atoms with Crippen LogP contribution in [0.25, 0.3) is 11.3 Å². The number of carbonyl (C=O) groups is 1. The molecule has 36 heavy (non-hydrogen) atoms. The van der Waals surface area contributed by atoms with Crippen LogP contribution in [0.4, 0.5) is 17.3 Å². The third-order valence-electron chi connectivity index (χ3n) is 6.36. The van der Waals surface area contributed by atoms with Crippen molar-refractivity contribution in [2.75, 3.05) is 43.4 Å². The minimum absolute atomic E-state index is 0.187. The molecule has 1 aromatic carbocycles. The van der Waals surface area contributed by atoms with Crippen LogP contribution in [0.3, 0.4) is 0 Å². The summed E-state index contributed by atoms with van der Waals surface area (Å²) in [5, 5.41) is 12.7. The molecule has 1 amide bonds. The molecule has 4 aromatic rings. The summed E-state index contributed by atoms with van der Waals surface area (Å²) >= 11 is 0. The molecule has 0 radical (unpaired) electrons. The van der Waals surface area contributed by atoms with E-state index < -0.39 is 0 Å². The lowest BCUT2D eigenvalue weighted by molar-refractivity contribution is 0.0946. The molecular weight excluding hydrogens is 454 g/mol. The minimum Gasteiger partial charge on any atom is -0.368 e. The zero-order valence-corrected chi connectivity index (χ0v) is 20.4. The second-order valence-corrected chi connectivity index (χ2v) is 8.90. The van der Waals surface area contributed by atoms with Crippen molar-refractivity contribution in [2.24, 2.45) is 0 Å².